The summed E-state index contributed by atoms with van der Waals surface area (Å²) in [5, 5.41) is 1.43. The van der Waals surface area contributed by atoms with Gasteiger partial charge in [0, 0.05) is 18.5 Å². The van der Waals surface area contributed by atoms with Gasteiger partial charge < -0.3 is 9.64 Å². The highest BCUT2D eigenvalue weighted by Crippen LogP contribution is 2.40. The summed E-state index contributed by atoms with van der Waals surface area (Å²) in [6.45, 7) is 5.34. The van der Waals surface area contributed by atoms with Crippen LogP contribution in [0.25, 0.3) is 10.9 Å². The van der Waals surface area contributed by atoms with Crippen LogP contribution in [-0.4, -0.2) is 41.5 Å². The number of esters is 1. The number of aromatic nitrogens is 1. The third-order valence-corrected chi connectivity index (χ3v) is 6.14. The largest absolute Gasteiger partial charge is 0.466 e. The van der Waals surface area contributed by atoms with Crippen LogP contribution in [0.4, 0.5) is 0 Å². The Morgan fingerprint density at radius 2 is 2.04 bits per heavy atom. The Kier molecular flexibility index (Phi) is 5.11. The lowest BCUT2D eigenvalue weighted by Gasteiger charge is -2.31. The highest BCUT2D eigenvalue weighted by atomic mass is 35.5. The topological polar surface area (TPSA) is 59.5 Å². The van der Waals surface area contributed by atoms with Crippen molar-refractivity contribution in [3.05, 3.63) is 53.2 Å². The normalized spacial score (nSPS) is 26.3. The number of pyridine rings is 1. The zero-order chi connectivity index (χ0) is 19.8. The molecule has 0 radical (unpaired) electrons. The Bertz CT molecular complexity index is 958. The fourth-order valence-corrected chi connectivity index (χ4v) is 4.68. The molecule has 4 rings (SSSR count). The first-order chi connectivity index (χ1) is 13.5. The molecule has 2 aromatic rings. The number of benzene rings is 1. The molecule has 4 atom stereocenters. The highest BCUT2D eigenvalue weighted by Gasteiger charge is 2.46. The second-order valence-electron chi connectivity index (χ2n) is 7.57. The van der Waals surface area contributed by atoms with Crippen molar-refractivity contribution in [2.45, 2.75) is 13.8 Å². The number of nitrogens with zero attached hydrogens (tertiary/aromatic N) is 2. The molecule has 6 heteroatoms. The zero-order valence-corrected chi connectivity index (χ0v) is 16.7. The van der Waals surface area contributed by atoms with Crippen LogP contribution in [0.1, 0.15) is 24.3 Å². The summed E-state index contributed by atoms with van der Waals surface area (Å²) < 4.78 is 5.30. The molecule has 2 heterocycles. The number of likely N-dealkylation sites (tertiary alicyclic amines) is 1. The van der Waals surface area contributed by atoms with Gasteiger partial charge in [-0.15, -0.1) is 0 Å². The molecule has 1 aliphatic carbocycles. The summed E-state index contributed by atoms with van der Waals surface area (Å²) in [4.78, 5) is 31.9. The van der Waals surface area contributed by atoms with Gasteiger partial charge >= 0.3 is 5.97 Å². The lowest BCUT2D eigenvalue weighted by Crippen LogP contribution is -2.37. The average molecular weight is 399 g/mol. The molecule has 2 aliphatic rings. The average Bonchev–Trinajstić information content (AvgIpc) is 3.11. The van der Waals surface area contributed by atoms with E-state index in [9.17, 15) is 9.59 Å². The van der Waals surface area contributed by atoms with Crippen LogP contribution in [0.15, 0.2) is 42.5 Å². The van der Waals surface area contributed by atoms with Gasteiger partial charge in [-0.2, -0.15) is 0 Å². The van der Waals surface area contributed by atoms with Crippen LogP contribution in [0.5, 0.6) is 0 Å². The molecule has 0 spiro atoms. The molecule has 146 valence electrons. The summed E-state index contributed by atoms with van der Waals surface area (Å²) in [6, 6.07) is 9.16. The molecular weight excluding hydrogens is 376 g/mol. The second kappa shape index (κ2) is 7.55. The quantitative estimate of drug-likeness (QED) is 0.580. The first kappa shape index (κ1) is 18.9. The molecule has 1 fully saturated rings. The van der Waals surface area contributed by atoms with Crippen LogP contribution in [0.3, 0.4) is 0 Å². The van der Waals surface area contributed by atoms with Crippen molar-refractivity contribution in [2.75, 3.05) is 19.7 Å². The molecule has 1 aromatic heterocycles. The summed E-state index contributed by atoms with van der Waals surface area (Å²) >= 11 is 6.24. The summed E-state index contributed by atoms with van der Waals surface area (Å²) in [6.07, 6.45) is 4.22. The van der Waals surface area contributed by atoms with E-state index in [4.69, 9.17) is 16.3 Å². The van der Waals surface area contributed by atoms with E-state index < -0.39 is 0 Å². The van der Waals surface area contributed by atoms with Crippen molar-refractivity contribution < 1.29 is 14.3 Å². The van der Waals surface area contributed by atoms with Gasteiger partial charge in [-0.3, -0.25) is 9.59 Å². The van der Waals surface area contributed by atoms with Crippen LogP contribution in [0.2, 0.25) is 5.02 Å². The van der Waals surface area contributed by atoms with Gasteiger partial charge in [0.05, 0.1) is 23.1 Å². The molecular formula is C22H23ClN2O3. The number of fused-ring (bicyclic) bond motifs is 2. The predicted molar refractivity (Wildman–Crippen MR) is 108 cm³/mol. The number of ether oxygens (including phenoxy) is 1. The van der Waals surface area contributed by atoms with Crippen molar-refractivity contribution in [3.63, 3.8) is 0 Å². The van der Waals surface area contributed by atoms with Crippen LogP contribution in [0, 0.1) is 23.7 Å². The Morgan fingerprint density at radius 3 is 2.82 bits per heavy atom. The molecule has 0 saturated carbocycles. The number of carbonyl (C=O) groups is 2. The lowest BCUT2D eigenvalue weighted by molar-refractivity contribution is -0.152. The van der Waals surface area contributed by atoms with Gasteiger partial charge in [0.25, 0.3) is 5.91 Å². The molecule has 1 amide bonds. The molecule has 28 heavy (non-hydrogen) atoms. The van der Waals surface area contributed by atoms with E-state index >= 15 is 0 Å². The van der Waals surface area contributed by atoms with Gasteiger partial charge in [-0.25, -0.2) is 4.98 Å². The fourth-order valence-electron chi connectivity index (χ4n) is 4.45. The smallest absolute Gasteiger partial charge is 0.309 e. The number of halogens is 1. The standard InChI is InChI=1S/C22H23ClN2O3/c1-3-28-22(27)19-13(2)7-8-15-11-25(12-16(15)19)21(26)18-10-9-14-5-4-6-17(23)20(14)24-18/h4-10,13,15-16,19H,3,11-12H2,1-2H3/t13-,15-,16-,19-/m0/s1. The van der Waals surface area contributed by atoms with Gasteiger partial charge in [0.1, 0.15) is 5.69 Å². The number of para-hydroxylation sites is 1. The molecule has 1 saturated heterocycles. The summed E-state index contributed by atoms with van der Waals surface area (Å²) in [5.41, 5.74) is 1.01. The third kappa shape index (κ3) is 3.28. The first-order valence-electron chi connectivity index (χ1n) is 9.69. The van der Waals surface area contributed by atoms with Crippen molar-refractivity contribution >= 4 is 34.4 Å². The minimum atomic E-state index is -0.216. The SMILES string of the molecule is CCOC(=O)[C@@H]1[C@H]2CN(C(=O)c3ccc4cccc(Cl)c4n3)C[C@@H]2C=C[C@@H]1C. The molecule has 1 aliphatic heterocycles. The Labute approximate surface area is 169 Å². The fraction of sp³-hybridized carbons (Fsp3) is 0.409. The maximum Gasteiger partial charge on any atom is 0.309 e. The summed E-state index contributed by atoms with van der Waals surface area (Å²) in [5.74, 6) is -0.163. The molecule has 5 nitrogen and oxygen atoms in total. The van der Waals surface area contributed by atoms with E-state index in [1.165, 1.54) is 0 Å². The van der Waals surface area contributed by atoms with E-state index in [1.807, 2.05) is 32.0 Å². The number of hydrogen-bond donors (Lipinski definition) is 0. The van der Waals surface area contributed by atoms with E-state index in [0.29, 0.717) is 35.9 Å². The van der Waals surface area contributed by atoms with Gasteiger partial charge in [-0.1, -0.05) is 48.9 Å². The van der Waals surface area contributed by atoms with E-state index in [0.717, 1.165) is 5.39 Å². The van der Waals surface area contributed by atoms with E-state index in [1.54, 1.807) is 17.0 Å². The van der Waals surface area contributed by atoms with Gasteiger partial charge in [0.2, 0.25) is 0 Å². The Hall–Kier alpha value is -2.40. The van der Waals surface area contributed by atoms with Crippen molar-refractivity contribution in [2.24, 2.45) is 23.7 Å². The van der Waals surface area contributed by atoms with Crippen molar-refractivity contribution in [3.8, 4) is 0 Å². The minimum Gasteiger partial charge on any atom is -0.466 e. The predicted octanol–water partition coefficient (Wildman–Crippen LogP) is 3.96. The first-order valence-corrected chi connectivity index (χ1v) is 10.1. The number of carbonyl (C=O) groups excluding carboxylic acids is 2. The van der Waals surface area contributed by atoms with Crippen molar-refractivity contribution in [1.82, 2.24) is 9.88 Å². The number of amides is 1. The molecule has 0 bridgehead atoms. The monoisotopic (exact) mass is 398 g/mol. The maximum atomic E-state index is 13.1. The minimum absolute atomic E-state index is 0.0760. The zero-order valence-electron chi connectivity index (χ0n) is 16.0. The highest BCUT2D eigenvalue weighted by molar-refractivity contribution is 6.35. The second-order valence-corrected chi connectivity index (χ2v) is 7.97. The summed E-state index contributed by atoms with van der Waals surface area (Å²) in [7, 11) is 0. The van der Waals surface area contributed by atoms with Gasteiger partial charge in [0.15, 0.2) is 0 Å². The molecule has 0 N–H and O–H groups in total. The Morgan fingerprint density at radius 1 is 1.21 bits per heavy atom. The number of rotatable bonds is 3. The number of allylic oxidation sites excluding steroid dienone is 1. The third-order valence-electron chi connectivity index (χ3n) is 5.84. The lowest BCUT2D eigenvalue weighted by atomic mass is 9.72. The molecule has 1 aromatic carbocycles. The van der Waals surface area contributed by atoms with Crippen LogP contribution >= 0.6 is 11.6 Å². The van der Waals surface area contributed by atoms with Crippen LogP contribution in [-0.2, 0) is 9.53 Å². The van der Waals surface area contributed by atoms with E-state index in [-0.39, 0.29) is 35.5 Å². The molecule has 0 unspecified atom stereocenters. The Balaban J connectivity index is 1.58. The maximum absolute atomic E-state index is 13.1. The van der Waals surface area contributed by atoms with E-state index in [2.05, 4.69) is 17.1 Å². The van der Waals surface area contributed by atoms with Crippen molar-refractivity contribution in [1.29, 1.82) is 0 Å². The van der Waals surface area contributed by atoms with Crippen LogP contribution < -0.4 is 0 Å². The number of hydrogen-bond acceptors (Lipinski definition) is 4. The van der Waals surface area contributed by atoms with Gasteiger partial charge in [-0.05, 0) is 36.8 Å².